The minimum absolute atomic E-state index is 0.0802. The summed E-state index contributed by atoms with van der Waals surface area (Å²) in [4.78, 5) is 35.7. The number of carbonyl (C=O) groups excluding carboxylic acids is 2. The highest BCUT2D eigenvalue weighted by Gasteiger charge is 2.27. The van der Waals surface area contributed by atoms with E-state index in [1.165, 1.54) is 4.90 Å². The normalized spacial score (nSPS) is 18.8. The number of likely N-dealkylation sites (tertiary alicyclic amines) is 1. The van der Waals surface area contributed by atoms with Crippen LogP contribution in [0, 0.1) is 5.92 Å². The van der Waals surface area contributed by atoms with E-state index in [1.807, 2.05) is 13.8 Å². The Labute approximate surface area is 118 Å². The maximum absolute atomic E-state index is 11.9. The zero-order valence-corrected chi connectivity index (χ0v) is 12.0. The van der Waals surface area contributed by atoms with Crippen molar-refractivity contribution in [3.8, 4) is 0 Å². The van der Waals surface area contributed by atoms with Crippen LogP contribution in [0.4, 0.5) is 4.79 Å². The highest BCUT2D eigenvalue weighted by atomic mass is 16.4. The molecule has 1 saturated heterocycles. The van der Waals surface area contributed by atoms with Gasteiger partial charge in [0.2, 0.25) is 5.91 Å². The molecule has 1 atom stereocenters. The van der Waals surface area contributed by atoms with Crippen LogP contribution in [-0.4, -0.2) is 53.6 Å². The molecule has 3 N–H and O–H groups in total. The SMILES string of the molecule is CC(C)NC(=O)CCNC(=O)N1CCC[C@H](C(=O)O)C1. The molecule has 7 heteroatoms. The third kappa shape index (κ3) is 5.46. The summed E-state index contributed by atoms with van der Waals surface area (Å²) in [5.41, 5.74) is 0. The van der Waals surface area contributed by atoms with Crippen molar-refractivity contribution in [3.63, 3.8) is 0 Å². The van der Waals surface area contributed by atoms with Crippen LogP contribution in [0.1, 0.15) is 33.1 Å². The van der Waals surface area contributed by atoms with Gasteiger partial charge in [-0.15, -0.1) is 0 Å². The predicted octanol–water partition coefficient (Wildman–Crippen LogP) is 0.407. The van der Waals surface area contributed by atoms with Crippen LogP contribution in [0.5, 0.6) is 0 Å². The number of aliphatic carboxylic acids is 1. The smallest absolute Gasteiger partial charge is 0.317 e. The Morgan fingerprint density at radius 2 is 2.05 bits per heavy atom. The second-order valence-corrected chi connectivity index (χ2v) is 5.33. The maximum atomic E-state index is 11.9. The van der Waals surface area contributed by atoms with Crippen molar-refractivity contribution in [3.05, 3.63) is 0 Å². The number of carboxylic acid groups (broad SMARTS) is 1. The van der Waals surface area contributed by atoms with Crippen molar-refractivity contribution in [2.45, 2.75) is 39.2 Å². The maximum Gasteiger partial charge on any atom is 0.317 e. The van der Waals surface area contributed by atoms with Crippen LogP contribution < -0.4 is 10.6 Å². The summed E-state index contributed by atoms with van der Waals surface area (Å²) >= 11 is 0. The first-order chi connectivity index (χ1) is 9.40. The molecule has 0 spiro atoms. The van der Waals surface area contributed by atoms with Crippen LogP contribution in [0.2, 0.25) is 0 Å². The van der Waals surface area contributed by atoms with Crippen molar-refractivity contribution >= 4 is 17.9 Å². The molecule has 0 aliphatic carbocycles. The molecular formula is C13H23N3O4. The van der Waals surface area contributed by atoms with Crippen molar-refractivity contribution in [2.24, 2.45) is 5.92 Å². The number of rotatable bonds is 5. The molecule has 20 heavy (non-hydrogen) atoms. The van der Waals surface area contributed by atoms with E-state index in [9.17, 15) is 14.4 Å². The standard InChI is InChI=1S/C13H23N3O4/c1-9(2)15-11(17)5-6-14-13(20)16-7-3-4-10(8-16)12(18)19/h9-10H,3-8H2,1-2H3,(H,14,20)(H,15,17)(H,18,19)/t10-/m0/s1. The summed E-state index contributed by atoms with van der Waals surface area (Å²) in [6.45, 7) is 4.80. The molecule has 1 heterocycles. The number of nitrogens with one attached hydrogen (secondary N) is 2. The zero-order valence-electron chi connectivity index (χ0n) is 12.0. The van der Waals surface area contributed by atoms with Gasteiger partial charge in [-0.3, -0.25) is 9.59 Å². The van der Waals surface area contributed by atoms with Gasteiger partial charge in [0.05, 0.1) is 5.92 Å². The molecule has 1 aliphatic rings. The first-order valence-corrected chi connectivity index (χ1v) is 6.95. The molecule has 114 valence electrons. The Morgan fingerprint density at radius 3 is 2.65 bits per heavy atom. The third-order valence-corrected chi connectivity index (χ3v) is 3.14. The first kappa shape index (κ1) is 16.3. The lowest BCUT2D eigenvalue weighted by Gasteiger charge is -2.30. The van der Waals surface area contributed by atoms with Gasteiger partial charge in [0.1, 0.15) is 0 Å². The van der Waals surface area contributed by atoms with Crippen molar-refractivity contribution in [2.75, 3.05) is 19.6 Å². The molecule has 0 radical (unpaired) electrons. The first-order valence-electron chi connectivity index (χ1n) is 6.95. The fourth-order valence-corrected chi connectivity index (χ4v) is 2.15. The highest BCUT2D eigenvalue weighted by molar-refractivity contribution is 5.79. The molecule has 0 saturated carbocycles. The van der Waals surface area contributed by atoms with Crippen LogP contribution in [0.15, 0.2) is 0 Å². The predicted molar refractivity (Wildman–Crippen MR) is 73.2 cm³/mol. The number of hydrogen-bond donors (Lipinski definition) is 3. The topological polar surface area (TPSA) is 98.7 Å². The minimum Gasteiger partial charge on any atom is -0.481 e. The van der Waals surface area contributed by atoms with E-state index in [1.54, 1.807) is 0 Å². The molecule has 0 bridgehead atoms. The van der Waals surface area contributed by atoms with Gasteiger partial charge < -0.3 is 20.6 Å². The summed E-state index contributed by atoms with van der Waals surface area (Å²) in [5.74, 6) is -1.46. The van der Waals surface area contributed by atoms with E-state index >= 15 is 0 Å². The number of amides is 3. The molecule has 1 rings (SSSR count). The molecule has 0 unspecified atom stereocenters. The second kappa shape index (κ2) is 7.72. The van der Waals surface area contributed by atoms with Crippen molar-refractivity contribution < 1.29 is 19.5 Å². The molecule has 1 aliphatic heterocycles. The van der Waals surface area contributed by atoms with E-state index in [2.05, 4.69) is 10.6 Å². The van der Waals surface area contributed by atoms with Gasteiger partial charge in [0, 0.05) is 32.1 Å². The molecule has 3 amide bonds. The summed E-state index contributed by atoms with van der Waals surface area (Å²) in [6.07, 6.45) is 1.52. The molecule has 7 nitrogen and oxygen atoms in total. The lowest BCUT2D eigenvalue weighted by Crippen LogP contribution is -2.47. The number of nitrogens with zero attached hydrogens (tertiary/aromatic N) is 1. The fraction of sp³-hybridized carbons (Fsp3) is 0.769. The average molecular weight is 285 g/mol. The van der Waals surface area contributed by atoms with Gasteiger partial charge in [0.25, 0.3) is 0 Å². The molecule has 0 aromatic heterocycles. The van der Waals surface area contributed by atoms with E-state index in [-0.39, 0.29) is 37.5 Å². The van der Waals surface area contributed by atoms with Crippen molar-refractivity contribution in [1.82, 2.24) is 15.5 Å². The van der Waals surface area contributed by atoms with Gasteiger partial charge in [-0.2, -0.15) is 0 Å². The van der Waals surface area contributed by atoms with E-state index in [4.69, 9.17) is 5.11 Å². The lowest BCUT2D eigenvalue weighted by molar-refractivity contribution is -0.143. The number of carbonyl (C=O) groups is 3. The van der Waals surface area contributed by atoms with Crippen LogP contribution >= 0.6 is 0 Å². The second-order valence-electron chi connectivity index (χ2n) is 5.33. The number of urea groups is 1. The summed E-state index contributed by atoms with van der Waals surface area (Å²) < 4.78 is 0. The fourth-order valence-electron chi connectivity index (χ4n) is 2.15. The Bertz CT molecular complexity index is 371. The van der Waals surface area contributed by atoms with Crippen LogP contribution in [-0.2, 0) is 9.59 Å². The molecule has 0 aromatic rings. The highest BCUT2D eigenvalue weighted by Crippen LogP contribution is 2.16. The van der Waals surface area contributed by atoms with Crippen LogP contribution in [0.3, 0.4) is 0 Å². The van der Waals surface area contributed by atoms with Gasteiger partial charge in [-0.25, -0.2) is 4.79 Å². The van der Waals surface area contributed by atoms with Gasteiger partial charge in [-0.05, 0) is 26.7 Å². The average Bonchev–Trinajstić information content (AvgIpc) is 2.37. The minimum atomic E-state index is -0.862. The van der Waals surface area contributed by atoms with Gasteiger partial charge in [0.15, 0.2) is 0 Å². The molecule has 1 fully saturated rings. The van der Waals surface area contributed by atoms with E-state index < -0.39 is 11.9 Å². The monoisotopic (exact) mass is 285 g/mol. The van der Waals surface area contributed by atoms with Gasteiger partial charge in [-0.1, -0.05) is 0 Å². The Kier molecular flexibility index (Phi) is 6.27. The third-order valence-electron chi connectivity index (χ3n) is 3.14. The number of carboxylic acids is 1. The Balaban J connectivity index is 2.28. The van der Waals surface area contributed by atoms with E-state index in [0.717, 1.165) is 0 Å². The van der Waals surface area contributed by atoms with Crippen molar-refractivity contribution in [1.29, 1.82) is 0 Å². The van der Waals surface area contributed by atoms with Crippen LogP contribution in [0.25, 0.3) is 0 Å². The van der Waals surface area contributed by atoms with E-state index in [0.29, 0.717) is 19.4 Å². The summed E-state index contributed by atoms with van der Waals surface area (Å²) in [7, 11) is 0. The molecular weight excluding hydrogens is 262 g/mol. The Morgan fingerprint density at radius 1 is 1.35 bits per heavy atom. The summed E-state index contributed by atoms with van der Waals surface area (Å²) in [6, 6.07) is -0.218. The number of piperidine rings is 1. The largest absolute Gasteiger partial charge is 0.481 e. The Hall–Kier alpha value is -1.79. The quantitative estimate of drug-likeness (QED) is 0.681. The van der Waals surface area contributed by atoms with Gasteiger partial charge >= 0.3 is 12.0 Å². The lowest BCUT2D eigenvalue weighted by atomic mass is 9.99. The molecule has 0 aromatic carbocycles. The number of hydrogen-bond acceptors (Lipinski definition) is 3. The summed E-state index contributed by atoms with van der Waals surface area (Å²) in [5, 5.41) is 14.3. The zero-order chi connectivity index (χ0) is 15.1.